The number of carboxylic acids is 1. The van der Waals surface area contributed by atoms with Gasteiger partial charge in [0.2, 0.25) is 0 Å². The first-order valence-electron chi connectivity index (χ1n) is 7.07. The standard InChI is InChI=1S/C14H28N2O2/c1-11(2)15-14(4,13(17)18)10-16-8-5-6-12(3)7-9-16/h11-12,15H,5-10H2,1-4H3,(H,17,18). The van der Waals surface area contributed by atoms with Crippen molar-refractivity contribution in [1.82, 2.24) is 10.2 Å². The summed E-state index contributed by atoms with van der Waals surface area (Å²) in [5, 5.41) is 12.6. The van der Waals surface area contributed by atoms with E-state index in [2.05, 4.69) is 17.1 Å². The Morgan fingerprint density at radius 1 is 1.44 bits per heavy atom. The Hall–Kier alpha value is -0.610. The van der Waals surface area contributed by atoms with Crippen LogP contribution in [-0.4, -0.2) is 47.2 Å². The lowest BCUT2D eigenvalue weighted by Gasteiger charge is -2.34. The van der Waals surface area contributed by atoms with Gasteiger partial charge in [0.05, 0.1) is 0 Å². The molecule has 1 aliphatic rings. The van der Waals surface area contributed by atoms with Gasteiger partial charge in [-0.3, -0.25) is 10.1 Å². The van der Waals surface area contributed by atoms with Crippen molar-refractivity contribution in [3.05, 3.63) is 0 Å². The van der Waals surface area contributed by atoms with Crippen molar-refractivity contribution < 1.29 is 9.90 Å². The van der Waals surface area contributed by atoms with Gasteiger partial charge in [0.25, 0.3) is 0 Å². The smallest absolute Gasteiger partial charge is 0.324 e. The summed E-state index contributed by atoms with van der Waals surface area (Å²) in [6, 6.07) is 0.178. The topological polar surface area (TPSA) is 52.6 Å². The van der Waals surface area contributed by atoms with Crippen LogP contribution >= 0.6 is 0 Å². The molecule has 0 amide bonds. The van der Waals surface area contributed by atoms with Crippen molar-refractivity contribution in [3.63, 3.8) is 0 Å². The first-order valence-corrected chi connectivity index (χ1v) is 7.07. The summed E-state index contributed by atoms with van der Waals surface area (Å²) in [5.74, 6) is 0.0117. The van der Waals surface area contributed by atoms with Crippen molar-refractivity contribution in [3.8, 4) is 0 Å². The van der Waals surface area contributed by atoms with Crippen molar-refractivity contribution in [2.45, 2.75) is 58.5 Å². The molecular formula is C14H28N2O2. The Balaban J connectivity index is 2.62. The van der Waals surface area contributed by atoms with Crippen LogP contribution in [0.4, 0.5) is 0 Å². The van der Waals surface area contributed by atoms with Gasteiger partial charge in [-0.1, -0.05) is 6.92 Å². The van der Waals surface area contributed by atoms with Crippen LogP contribution in [0.15, 0.2) is 0 Å². The Bertz CT molecular complexity index is 281. The number of rotatable bonds is 5. The highest BCUT2D eigenvalue weighted by atomic mass is 16.4. The number of nitrogens with zero attached hydrogens (tertiary/aromatic N) is 1. The molecule has 0 aliphatic carbocycles. The number of carbonyl (C=O) groups is 1. The van der Waals surface area contributed by atoms with Crippen molar-refractivity contribution in [1.29, 1.82) is 0 Å². The van der Waals surface area contributed by atoms with E-state index in [1.165, 1.54) is 19.3 Å². The van der Waals surface area contributed by atoms with Crippen LogP contribution in [-0.2, 0) is 4.79 Å². The predicted octanol–water partition coefficient (Wildman–Crippen LogP) is 1.95. The average Bonchev–Trinajstić information content (AvgIpc) is 2.42. The monoisotopic (exact) mass is 256 g/mol. The van der Waals surface area contributed by atoms with Gasteiger partial charge >= 0.3 is 5.97 Å². The lowest BCUT2D eigenvalue weighted by Crippen LogP contribution is -2.59. The second-order valence-corrected chi connectivity index (χ2v) is 6.25. The quantitative estimate of drug-likeness (QED) is 0.789. The molecule has 1 saturated heterocycles. The average molecular weight is 256 g/mol. The molecule has 0 aromatic rings. The molecule has 18 heavy (non-hydrogen) atoms. The maximum absolute atomic E-state index is 11.5. The number of carboxylic acid groups (broad SMARTS) is 1. The SMILES string of the molecule is CC1CCCN(CC(C)(NC(C)C)C(=O)O)CC1. The highest BCUT2D eigenvalue weighted by Gasteiger charge is 2.35. The molecule has 106 valence electrons. The number of nitrogens with one attached hydrogen (secondary N) is 1. The zero-order chi connectivity index (χ0) is 13.8. The summed E-state index contributed by atoms with van der Waals surface area (Å²) in [4.78, 5) is 13.8. The molecule has 1 rings (SSSR count). The molecule has 1 heterocycles. The fourth-order valence-corrected chi connectivity index (χ4v) is 2.74. The van der Waals surface area contributed by atoms with Gasteiger partial charge in [-0.15, -0.1) is 0 Å². The molecule has 4 heteroatoms. The summed E-state index contributed by atoms with van der Waals surface area (Å²) >= 11 is 0. The first kappa shape index (κ1) is 15.4. The number of aliphatic carboxylic acids is 1. The summed E-state index contributed by atoms with van der Waals surface area (Å²) in [7, 11) is 0. The lowest BCUT2D eigenvalue weighted by molar-refractivity contribution is -0.145. The molecule has 2 N–H and O–H groups in total. The lowest BCUT2D eigenvalue weighted by atomic mass is 10.0. The number of likely N-dealkylation sites (tertiary alicyclic amines) is 1. The maximum atomic E-state index is 11.5. The molecule has 2 atom stereocenters. The van der Waals surface area contributed by atoms with Crippen LogP contribution in [0.25, 0.3) is 0 Å². The minimum absolute atomic E-state index is 0.178. The van der Waals surface area contributed by atoms with E-state index in [0.717, 1.165) is 19.0 Å². The second kappa shape index (κ2) is 6.53. The van der Waals surface area contributed by atoms with Gasteiger partial charge in [0, 0.05) is 12.6 Å². The zero-order valence-corrected chi connectivity index (χ0v) is 12.2. The molecule has 4 nitrogen and oxygen atoms in total. The van der Waals surface area contributed by atoms with Gasteiger partial charge in [0.1, 0.15) is 5.54 Å². The molecule has 0 aromatic carbocycles. The molecule has 0 aromatic heterocycles. The van der Waals surface area contributed by atoms with Crippen molar-refractivity contribution in [2.75, 3.05) is 19.6 Å². The van der Waals surface area contributed by atoms with Gasteiger partial charge < -0.3 is 10.0 Å². The van der Waals surface area contributed by atoms with E-state index in [9.17, 15) is 9.90 Å². The highest BCUT2D eigenvalue weighted by molar-refractivity contribution is 5.78. The molecule has 1 fully saturated rings. The van der Waals surface area contributed by atoms with Gasteiger partial charge in [0.15, 0.2) is 0 Å². The van der Waals surface area contributed by atoms with E-state index in [1.54, 1.807) is 6.92 Å². The third kappa shape index (κ3) is 4.58. The van der Waals surface area contributed by atoms with E-state index in [1.807, 2.05) is 13.8 Å². The van der Waals surface area contributed by atoms with Crippen LogP contribution in [0.5, 0.6) is 0 Å². The van der Waals surface area contributed by atoms with Gasteiger partial charge in [-0.2, -0.15) is 0 Å². The molecule has 0 saturated carbocycles. The molecular weight excluding hydrogens is 228 g/mol. The normalized spacial score (nSPS) is 25.7. The van der Waals surface area contributed by atoms with Crippen LogP contribution in [0.2, 0.25) is 0 Å². The fraction of sp³-hybridized carbons (Fsp3) is 0.929. The maximum Gasteiger partial charge on any atom is 0.324 e. The molecule has 0 spiro atoms. The molecule has 0 radical (unpaired) electrons. The van der Waals surface area contributed by atoms with E-state index in [4.69, 9.17) is 0 Å². The van der Waals surface area contributed by atoms with Gasteiger partial charge in [-0.05, 0) is 59.0 Å². The van der Waals surface area contributed by atoms with Crippen LogP contribution in [0.1, 0.15) is 47.0 Å². The largest absolute Gasteiger partial charge is 0.480 e. The molecule has 2 unspecified atom stereocenters. The predicted molar refractivity (Wildman–Crippen MR) is 73.8 cm³/mol. The Morgan fingerprint density at radius 2 is 2.11 bits per heavy atom. The summed E-state index contributed by atoms with van der Waals surface area (Å²) in [6.45, 7) is 10.7. The first-order chi connectivity index (χ1) is 8.33. The summed E-state index contributed by atoms with van der Waals surface area (Å²) < 4.78 is 0. The van der Waals surface area contributed by atoms with Crippen molar-refractivity contribution in [2.24, 2.45) is 5.92 Å². The fourth-order valence-electron chi connectivity index (χ4n) is 2.74. The third-order valence-corrected chi connectivity index (χ3v) is 3.73. The minimum Gasteiger partial charge on any atom is -0.480 e. The summed E-state index contributed by atoms with van der Waals surface area (Å²) in [5.41, 5.74) is -0.845. The Labute approximate surface area is 111 Å². The minimum atomic E-state index is -0.845. The van der Waals surface area contributed by atoms with Crippen LogP contribution < -0.4 is 5.32 Å². The molecule has 0 bridgehead atoms. The van der Waals surface area contributed by atoms with Gasteiger partial charge in [-0.25, -0.2) is 0 Å². The number of hydrogen-bond donors (Lipinski definition) is 2. The Morgan fingerprint density at radius 3 is 2.67 bits per heavy atom. The highest BCUT2D eigenvalue weighted by Crippen LogP contribution is 2.18. The van der Waals surface area contributed by atoms with E-state index < -0.39 is 11.5 Å². The third-order valence-electron chi connectivity index (χ3n) is 3.73. The van der Waals surface area contributed by atoms with E-state index in [-0.39, 0.29) is 6.04 Å². The summed E-state index contributed by atoms with van der Waals surface area (Å²) in [6.07, 6.45) is 3.62. The van der Waals surface area contributed by atoms with Crippen molar-refractivity contribution >= 4 is 5.97 Å². The second-order valence-electron chi connectivity index (χ2n) is 6.25. The zero-order valence-electron chi connectivity index (χ0n) is 12.2. The van der Waals surface area contributed by atoms with Crippen LogP contribution in [0, 0.1) is 5.92 Å². The van der Waals surface area contributed by atoms with E-state index in [0.29, 0.717) is 6.54 Å². The van der Waals surface area contributed by atoms with Crippen LogP contribution in [0.3, 0.4) is 0 Å². The van der Waals surface area contributed by atoms with E-state index >= 15 is 0 Å². The number of hydrogen-bond acceptors (Lipinski definition) is 3. The Kier molecular flexibility index (Phi) is 5.60. The molecule has 1 aliphatic heterocycles.